The van der Waals surface area contributed by atoms with Crippen LogP contribution in [0, 0.1) is 6.92 Å². The molecular weight excluding hydrogens is 357 g/mol. The second-order valence-electron chi connectivity index (χ2n) is 5.79. The van der Waals surface area contributed by atoms with Crippen molar-refractivity contribution in [3.05, 3.63) is 63.3 Å². The van der Waals surface area contributed by atoms with Gasteiger partial charge in [0.15, 0.2) is 0 Å². The van der Waals surface area contributed by atoms with Gasteiger partial charge < -0.3 is 5.73 Å². The average Bonchev–Trinajstić information content (AvgIpc) is 3.02. The van der Waals surface area contributed by atoms with Crippen molar-refractivity contribution in [3.8, 4) is 11.3 Å². The third kappa shape index (κ3) is 3.84. The van der Waals surface area contributed by atoms with E-state index < -0.39 is 0 Å². The lowest BCUT2D eigenvalue weighted by molar-refractivity contribution is 0.667. The molecular formula is C18H19Cl2N5. The highest BCUT2D eigenvalue weighted by atomic mass is 35.5. The second-order valence-corrected chi connectivity index (χ2v) is 6.63. The maximum atomic E-state index is 6.39. The molecule has 0 aliphatic heterocycles. The summed E-state index contributed by atoms with van der Waals surface area (Å²) in [6.07, 6.45) is 2.54. The van der Waals surface area contributed by atoms with E-state index in [0.29, 0.717) is 23.1 Å². The summed E-state index contributed by atoms with van der Waals surface area (Å²) < 4.78 is 1.82. The molecule has 3 aromatic rings. The number of pyridine rings is 1. The summed E-state index contributed by atoms with van der Waals surface area (Å²) in [6, 6.07) is 7.42. The molecule has 0 aliphatic rings. The van der Waals surface area contributed by atoms with Crippen molar-refractivity contribution in [1.29, 1.82) is 0 Å². The van der Waals surface area contributed by atoms with Crippen molar-refractivity contribution < 1.29 is 0 Å². The Morgan fingerprint density at radius 3 is 2.64 bits per heavy atom. The zero-order valence-electron chi connectivity index (χ0n) is 14.1. The van der Waals surface area contributed by atoms with Gasteiger partial charge >= 0.3 is 0 Å². The predicted octanol–water partition coefficient (Wildman–Crippen LogP) is 4.02. The van der Waals surface area contributed by atoms with E-state index in [4.69, 9.17) is 28.9 Å². The van der Waals surface area contributed by atoms with Gasteiger partial charge in [-0.25, -0.2) is 9.67 Å². The molecule has 5 nitrogen and oxygen atoms in total. The summed E-state index contributed by atoms with van der Waals surface area (Å²) in [7, 11) is 0. The zero-order chi connectivity index (χ0) is 18.0. The molecule has 0 saturated carbocycles. The summed E-state index contributed by atoms with van der Waals surface area (Å²) in [5.74, 6) is 0.820. The molecule has 0 radical (unpaired) electrons. The number of hydrogen-bond acceptors (Lipinski definition) is 4. The van der Waals surface area contributed by atoms with E-state index in [1.807, 2.05) is 30.7 Å². The van der Waals surface area contributed by atoms with Gasteiger partial charge in [-0.15, -0.1) is 0 Å². The summed E-state index contributed by atoms with van der Waals surface area (Å²) in [6.45, 7) is 4.92. The zero-order valence-corrected chi connectivity index (χ0v) is 15.6. The van der Waals surface area contributed by atoms with Crippen LogP contribution in [0.25, 0.3) is 11.3 Å². The molecule has 0 spiro atoms. The molecule has 0 bridgehead atoms. The third-order valence-electron chi connectivity index (χ3n) is 3.97. The number of benzene rings is 1. The number of rotatable bonds is 5. The average molecular weight is 376 g/mol. The second kappa shape index (κ2) is 7.52. The van der Waals surface area contributed by atoms with Gasteiger partial charge in [0, 0.05) is 29.2 Å². The first kappa shape index (κ1) is 17.9. The molecule has 2 aromatic heterocycles. The van der Waals surface area contributed by atoms with Crippen molar-refractivity contribution in [2.24, 2.45) is 5.73 Å². The number of nitrogens with two attached hydrogens (primary N) is 1. The van der Waals surface area contributed by atoms with Gasteiger partial charge in [-0.2, -0.15) is 5.10 Å². The largest absolute Gasteiger partial charge is 0.326 e. The Bertz CT molecular complexity index is 904. The van der Waals surface area contributed by atoms with E-state index in [2.05, 4.69) is 15.1 Å². The Morgan fingerprint density at radius 2 is 2.00 bits per heavy atom. The predicted molar refractivity (Wildman–Crippen MR) is 101 cm³/mol. The van der Waals surface area contributed by atoms with Crippen LogP contribution in [0.3, 0.4) is 0 Å². The lowest BCUT2D eigenvalue weighted by Crippen LogP contribution is -2.11. The molecule has 0 aliphatic carbocycles. The normalized spacial score (nSPS) is 11.1. The Hall–Kier alpha value is -1.95. The monoisotopic (exact) mass is 375 g/mol. The number of aromatic nitrogens is 4. The van der Waals surface area contributed by atoms with Gasteiger partial charge in [-0.3, -0.25) is 4.98 Å². The van der Waals surface area contributed by atoms with E-state index >= 15 is 0 Å². The maximum Gasteiger partial charge on any atom is 0.150 e. The fourth-order valence-electron chi connectivity index (χ4n) is 2.79. The van der Waals surface area contributed by atoms with Crippen LogP contribution >= 0.6 is 23.2 Å². The highest BCUT2D eigenvalue weighted by Gasteiger charge is 2.15. The lowest BCUT2D eigenvalue weighted by atomic mass is 9.99. The third-order valence-corrected chi connectivity index (χ3v) is 4.52. The Balaban J connectivity index is 2.09. The fourth-order valence-corrected chi connectivity index (χ4v) is 3.28. The van der Waals surface area contributed by atoms with Crippen LogP contribution in [0.2, 0.25) is 10.0 Å². The van der Waals surface area contributed by atoms with Crippen molar-refractivity contribution in [1.82, 2.24) is 19.7 Å². The van der Waals surface area contributed by atoms with Gasteiger partial charge in [0.1, 0.15) is 12.2 Å². The molecule has 0 atom stereocenters. The van der Waals surface area contributed by atoms with Gasteiger partial charge in [0.05, 0.1) is 17.3 Å². The van der Waals surface area contributed by atoms with Gasteiger partial charge in [-0.1, -0.05) is 30.1 Å². The maximum absolute atomic E-state index is 6.39. The molecule has 130 valence electrons. The molecule has 0 unspecified atom stereocenters. The first-order valence-corrected chi connectivity index (χ1v) is 8.80. The Kier molecular flexibility index (Phi) is 5.37. The molecule has 0 fully saturated rings. The van der Waals surface area contributed by atoms with Crippen LogP contribution in [0.5, 0.6) is 0 Å². The number of halogens is 2. The summed E-state index contributed by atoms with van der Waals surface area (Å²) in [5, 5.41) is 5.61. The number of aryl methyl sites for hydroxylation is 2. The molecule has 0 saturated heterocycles. The van der Waals surface area contributed by atoms with E-state index in [1.54, 1.807) is 18.5 Å². The molecule has 25 heavy (non-hydrogen) atoms. The minimum Gasteiger partial charge on any atom is -0.326 e. The number of nitrogens with zero attached hydrogens (tertiary/aromatic N) is 4. The first-order chi connectivity index (χ1) is 12.0. The lowest BCUT2D eigenvalue weighted by Gasteiger charge is -2.15. The topological polar surface area (TPSA) is 69.6 Å². The molecule has 0 amide bonds. The summed E-state index contributed by atoms with van der Waals surface area (Å²) in [4.78, 5) is 8.96. The van der Waals surface area contributed by atoms with Crippen LogP contribution in [-0.2, 0) is 19.5 Å². The van der Waals surface area contributed by atoms with E-state index in [0.717, 1.165) is 40.3 Å². The van der Waals surface area contributed by atoms with Crippen molar-refractivity contribution in [3.63, 3.8) is 0 Å². The van der Waals surface area contributed by atoms with Gasteiger partial charge in [-0.05, 0) is 42.3 Å². The SMILES string of the molecule is CCc1ncn(Cc2cc(C)nc(-c3ccc(Cl)cc3Cl)c2CN)n1. The van der Waals surface area contributed by atoms with Crippen LogP contribution in [0.15, 0.2) is 30.6 Å². The standard InChI is InChI=1S/C18H19Cl2N5/c1-3-17-22-10-25(24-17)9-12-6-11(2)23-18(15(12)8-21)14-5-4-13(19)7-16(14)20/h4-7,10H,3,8-9,21H2,1-2H3. The van der Waals surface area contributed by atoms with Crippen molar-refractivity contribution in [2.45, 2.75) is 33.4 Å². The molecule has 1 aromatic carbocycles. The summed E-state index contributed by atoms with van der Waals surface area (Å²) in [5.41, 5.74) is 10.6. The van der Waals surface area contributed by atoms with Crippen LogP contribution in [0.4, 0.5) is 0 Å². The highest BCUT2D eigenvalue weighted by molar-refractivity contribution is 6.36. The summed E-state index contributed by atoms with van der Waals surface area (Å²) >= 11 is 12.4. The minimum atomic E-state index is 0.353. The van der Waals surface area contributed by atoms with E-state index in [-0.39, 0.29) is 0 Å². The van der Waals surface area contributed by atoms with E-state index in [1.165, 1.54) is 0 Å². The van der Waals surface area contributed by atoms with Gasteiger partial charge in [0.2, 0.25) is 0 Å². The molecule has 3 rings (SSSR count). The van der Waals surface area contributed by atoms with Crippen molar-refractivity contribution >= 4 is 23.2 Å². The molecule has 7 heteroatoms. The number of hydrogen-bond donors (Lipinski definition) is 1. The van der Waals surface area contributed by atoms with Crippen molar-refractivity contribution in [2.75, 3.05) is 0 Å². The van der Waals surface area contributed by atoms with Crippen LogP contribution < -0.4 is 5.73 Å². The molecule has 2 N–H and O–H groups in total. The smallest absolute Gasteiger partial charge is 0.150 e. The Labute approximate surface area is 156 Å². The Morgan fingerprint density at radius 1 is 1.20 bits per heavy atom. The van der Waals surface area contributed by atoms with Crippen LogP contribution in [0.1, 0.15) is 29.6 Å². The highest BCUT2D eigenvalue weighted by Crippen LogP contribution is 2.33. The minimum absolute atomic E-state index is 0.353. The quantitative estimate of drug-likeness (QED) is 0.730. The van der Waals surface area contributed by atoms with E-state index in [9.17, 15) is 0 Å². The van der Waals surface area contributed by atoms with Gasteiger partial charge in [0.25, 0.3) is 0 Å². The molecule has 2 heterocycles. The van der Waals surface area contributed by atoms with Crippen LogP contribution in [-0.4, -0.2) is 19.7 Å². The first-order valence-electron chi connectivity index (χ1n) is 8.05. The fraction of sp³-hybridized carbons (Fsp3) is 0.278.